The van der Waals surface area contributed by atoms with Crippen LogP contribution in [0.4, 0.5) is 0 Å². The lowest BCUT2D eigenvalue weighted by atomic mass is 10.3. The van der Waals surface area contributed by atoms with Gasteiger partial charge in [0.25, 0.3) is 0 Å². The van der Waals surface area contributed by atoms with Crippen LogP contribution in [0.15, 0.2) is 0 Å². The minimum atomic E-state index is -3.02. The van der Waals surface area contributed by atoms with Crippen molar-refractivity contribution in [3.05, 3.63) is 0 Å². The van der Waals surface area contributed by atoms with E-state index in [-0.39, 0.29) is 0 Å². The van der Waals surface area contributed by atoms with E-state index in [1.54, 1.807) is 4.31 Å². The molecule has 108 valence electrons. The molecule has 1 heterocycles. The normalized spacial score (nSPS) is 22.6. The van der Waals surface area contributed by atoms with Gasteiger partial charge in [-0.2, -0.15) is 11.8 Å². The van der Waals surface area contributed by atoms with E-state index in [2.05, 4.69) is 26.1 Å². The Morgan fingerprint density at radius 1 is 1.39 bits per heavy atom. The van der Waals surface area contributed by atoms with Crippen LogP contribution in [0.25, 0.3) is 0 Å². The van der Waals surface area contributed by atoms with Crippen LogP contribution in [0.5, 0.6) is 0 Å². The van der Waals surface area contributed by atoms with Crippen LogP contribution in [-0.4, -0.2) is 55.2 Å². The summed E-state index contributed by atoms with van der Waals surface area (Å²) in [6.45, 7) is 8.56. The Kier molecular flexibility index (Phi) is 6.98. The minimum absolute atomic E-state index is 0.296. The third-order valence-electron chi connectivity index (χ3n) is 2.98. The van der Waals surface area contributed by atoms with Gasteiger partial charge in [-0.1, -0.05) is 20.8 Å². The highest BCUT2D eigenvalue weighted by atomic mass is 32.2. The van der Waals surface area contributed by atoms with Crippen LogP contribution >= 0.6 is 11.8 Å². The molecule has 1 rings (SSSR count). The van der Waals surface area contributed by atoms with Crippen molar-refractivity contribution >= 4 is 21.8 Å². The molecule has 0 spiro atoms. The van der Waals surface area contributed by atoms with Gasteiger partial charge in [0.1, 0.15) is 0 Å². The smallest absolute Gasteiger partial charge is 0.214 e. The molecule has 6 heteroatoms. The highest BCUT2D eigenvalue weighted by Crippen LogP contribution is 2.20. The standard InChI is InChI=1S/C12H26N2O2S2/c1-11(2)13-6-4-5-9-18(15,16)14-7-8-17-12(3)10-14/h11-13H,4-10H2,1-3H3. The van der Waals surface area contributed by atoms with Crippen LogP contribution < -0.4 is 5.32 Å². The van der Waals surface area contributed by atoms with Crippen molar-refractivity contribution < 1.29 is 8.42 Å². The number of sulfonamides is 1. The second-order valence-electron chi connectivity index (χ2n) is 5.17. The van der Waals surface area contributed by atoms with Crippen LogP contribution in [0.2, 0.25) is 0 Å². The first kappa shape index (κ1) is 16.3. The number of nitrogens with one attached hydrogen (secondary N) is 1. The second-order valence-corrected chi connectivity index (χ2v) is 8.81. The van der Waals surface area contributed by atoms with Crippen LogP contribution in [0.3, 0.4) is 0 Å². The molecule has 0 saturated carbocycles. The van der Waals surface area contributed by atoms with Crippen LogP contribution in [0.1, 0.15) is 33.6 Å². The molecule has 0 radical (unpaired) electrons. The predicted octanol–water partition coefficient (Wildman–Crippen LogP) is 1.53. The highest BCUT2D eigenvalue weighted by molar-refractivity contribution is 8.00. The van der Waals surface area contributed by atoms with Crippen molar-refractivity contribution in [1.29, 1.82) is 0 Å². The summed E-state index contributed by atoms with van der Waals surface area (Å²) in [5.41, 5.74) is 0. The molecular weight excluding hydrogens is 268 g/mol. The zero-order valence-corrected chi connectivity index (χ0v) is 13.3. The fourth-order valence-corrected chi connectivity index (χ4v) is 4.84. The fraction of sp³-hybridized carbons (Fsp3) is 1.00. The highest BCUT2D eigenvalue weighted by Gasteiger charge is 2.26. The number of unbranched alkanes of at least 4 members (excludes halogenated alkanes) is 1. The van der Waals surface area contributed by atoms with Crippen molar-refractivity contribution in [2.24, 2.45) is 0 Å². The third-order valence-corrected chi connectivity index (χ3v) is 6.04. The summed E-state index contributed by atoms with van der Waals surface area (Å²) in [5.74, 6) is 1.22. The van der Waals surface area contributed by atoms with Crippen molar-refractivity contribution in [2.45, 2.75) is 44.9 Å². The first-order valence-corrected chi connectivity index (χ1v) is 9.40. The maximum Gasteiger partial charge on any atom is 0.214 e. The molecule has 1 aliphatic heterocycles. The SMILES string of the molecule is CC(C)NCCCCS(=O)(=O)N1CCSC(C)C1. The molecule has 4 nitrogen and oxygen atoms in total. The largest absolute Gasteiger partial charge is 0.315 e. The van der Waals surface area contributed by atoms with Crippen LogP contribution in [-0.2, 0) is 10.0 Å². The van der Waals surface area contributed by atoms with Gasteiger partial charge in [0, 0.05) is 30.1 Å². The Bertz CT molecular complexity index is 331. The summed E-state index contributed by atoms with van der Waals surface area (Å²) in [6.07, 6.45) is 1.68. The zero-order valence-electron chi connectivity index (χ0n) is 11.7. The first-order valence-electron chi connectivity index (χ1n) is 6.74. The van der Waals surface area contributed by atoms with E-state index in [0.29, 0.717) is 30.1 Å². The topological polar surface area (TPSA) is 49.4 Å². The summed E-state index contributed by atoms with van der Waals surface area (Å²) in [4.78, 5) is 0. The molecule has 1 fully saturated rings. The van der Waals surface area contributed by atoms with Crippen molar-refractivity contribution in [3.63, 3.8) is 0 Å². The summed E-state index contributed by atoms with van der Waals surface area (Å²) >= 11 is 1.86. The Balaban J connectivity index is 2.26. The van der Waals surface area contributed by atoms with Crippen molar-refractivity contribution in [2.75, 3.05) is 31.1 Å². The summed E-state index contributed by atoms with van der Waals surface area (Å²) in [5, 5.41) is 3.73. The maximum absolute atomic E-state index is 12.1. The molecule has 0 aliphatic carbocycles. The number of rotatable bonds is 7. The molecule has 0 bridgehead atoms. The average molecular weight is 294 g/mol. The van der Waals surface area contributed by atoms with E-state index >= 15 is 0 Å². The number of hydrogen-bond donors (Lipinski definition) is 1. The van der Waals surface area contributed by atoms with Gasteiger partial charge in [0.15, 0.2) is 0 Å². The van der Waals surface area contributed by atoms with E-state index in [1.807, 2.05) is 11.8 Å². The Morgan fingerprint density at radius 2 is 2.11 bits per heavy atom. The number of hydrogen-bond acceptors (Lipinski definition) is 4. The molecule has 0 aromatic heterocycles. The van der Waals surface area contributed by atoms with Crippen LogP contribution in [0, 0.1) is 0 Å². The fourth-order valence-electron chi connectivity index (χ4n) is 1.97. The number of thioether (sulfide) groups is 1. The van der Waals surface area contributed by atoms with Gasteiger partial charge < -0.3 is 5.32 Å². The Labute approximate surface area is 116 Å². The average Bonchev–Trinajstić information content (AvgIpc) is 2.28. The Hall–Kier alpha value is 0.220. The van der Waals surface area contributed by atoms with Gasteiger partial charge >= 0.3 is 0 Å². The Morgan fingerprint density at radius 3 is 2.72 bits per heavy atom. The van der Waals surface area contributed by atoms with Gasteiger partial charge in [-0.05, 0) is 19.4 Å². The van der Waals surface area contributed by atoms with E-state index in [9.17, 15) is 8.42 Å². The lowest BCUT2D eigenvalue weighted by Gasteiger charge is -2.29. The summed E-state index contributed by atoms with van der Waals surface area (Å²) < 4.78 is 25.9. The molecule has 0 aromatic rings. The molecular formula is C12H26N2O2S2. The van der Waals surface area contributed by atoms with Gasteiger partial charge in [-0.25, -0.2) is 12.7 Å². The van der Waals surface area contributed by atoms with Gasteiger partial charge in [-0.15, -0.1) is 0 Å². The van der Waals surface area contributed by atoms with Crippen molar-refractivity contribution in [1.82, 2.24) is 9.62 Å². The second kappa shape index (κ2) is 7.72. The van der Waals surface area contributed by atoms with E-state index in [0.717, 1.165) is 25.1 Å². The quantitative estimate of drug-likeness (QED) is 0.724. The molecule has 1 aliphatic rings. The molecule has 1 saturated heterocycles. The lowest BCUT2D eigenvalue weighted by molar-refractivity contribution is 0.422. The molecule has 0 aromatic carbocycles. The molecule has 1 unspecified atom stereocenters. The van der Waals surface area contributed by atoms with Gasteiger partial charge in [-0.3, -0.25) is 0 Å². The molecule has 1 N–H and O–H groups in total. The molecule has 1 atom stereocenters. The monoisotopic (exact) mass is 294 g/mol. The first-order chi connectivity index (χ1) is 8.42. The van der Waals surface area contributed by atoms with E-state index in [4.69, 9.17) is 0 Å². The third kappa shape index (κ3) is 5.91. The zero-order chi connectivity index (χ0) is 13.6. The van der Waals surface area contributed by atoms with Crippen molar-refractivity contribution in [3.8, 4) is 0 Å². The molecule has 0 amide bonds. The van der Waals surface area contributed by atoms with Gasteiger partial charge in [0.05, 0.1) is 5.75 Å². The minimum Gasteiger partial charge on any atom is -0.315 e. The summed E-state index contributed by atoms with van der Waals surface area (Å²) in [7, 11) is -3.02. The predicted molar refractivity (Wildman–Crippen MR) is 79.7 cm³/mol. The number of nitrogens with zero attached hydrogens (tertiary/aromatic N) is 1. The van der Waals surface area contributed by atoms with E-state index in [1.165, 1.54) is 0 Å². The van der Waals surface area contributed by atoms with E-state index < -0.39 is 10.0 Å². The maximum atomic E-state index is 12.1. The summed E-state index contributed by atoms with van der Waals surface area (Å²) in [6, 6.07) is 0.474. The lowest BCUT2D eigenvalue weighted by Crippen LogP contribution is -2.42. The molecule has 18 heavy (non-hydrogen) atoms. The van der Waals surface area contributed by atoms with Gasteiger partial charge in [0.2, 0.25) is 10.0 Å².